The fraction of sp³-hybridized carbons (Fsp3) is 0.188. The van der Waals surface area contributed by atoms with Gasteiger partial charge in [0.25, 0.3) is 0 Å². The molecule has 0 radical (unpaired) electrons. The molecule has 1 atom stereocenters. The molecule has 1 N–H and O–H groups in total. The molecule has 11 heteroatoms. The Labute approximate surface area is 156 Å². The highest BCUT2D eigenvalue weighted by molar-refractivity contribution is 9.10. The number of nitrogens with zero attached hydrogens (tertiary/aromatic N) is 1. The molecular weight excluding hydrogens is 446 g/mol. The van der Waals surface area contributed by atoms with Gasteiger partial charge in [-0.05, 0) is 46.3 Å². The third-order valence-electron chi connectivity index (χ3n) is 3.34. The van der Waals surface area contributed by atoms with Crippen LogP contribution >= 0.6 is 15.9 Å². The molecule has 0 saturated heterocycles. The minimum atomic E-state index is -5.57. The highest BCUT2D eigenvalue weighted by atomic mass is 79.9. The summed E-state index contributed by atoms with van der Waals surface area (Å²) in [5, 5.41) is 0. The molecule has 144 valence electrons. The zero-order valence-electron chi connectivity index (χ0n) is 13.0. The SMILES string of the molecule is FC(OC(F)(F)F)C(F)(F)Oc1ccc(-c2nc3ccccc3[nH]2)cc1Br. The standard InChI is InChI=1S/C16H9BrF6N2O2/c17-9-7-8(13-24-10-3-1-2-4-11(10)25-13)5-6-12(9)26-15(19,20)14(18)27-16(21,22)23/h1-7,14H,(H,24,25). The maximum atomic E-state index is 13.5. The Morgan fingerprint density at radius 1 is 1.04 bits per heavy atom. The van der Waals surface area contributed by atoms with Crippen LogP contribution in [-0.4, -0.2) is 28.8 Å². The summed E-state index contributed by atoms with van der Waals surface area (Å²) in [6.45, 7) is 0. The van der Waals surface area contributed by atoms with Crippen LogP contribution < -0.4 is 4.74 Å². The Kier molecular flexibility index (Phi) is 5.08. The van der Waals surface area contributed by atoms with Crippen LogP contribution in [0.2, 0.25) is 0 Å². The van der Waals surface area contributed by atoms with Crippen molar-refractivity contribution in [1.82, 2.24) is 9.97 Å². The van der Waals surface area contributed by atoms with Crippen LogP contribution in [0, 0.1) is 0 Å². The van der Waals surface area contributed by atoms with E-state index in [0.29, 0.717) is 16.9 Å². The molecule has 0 aliphatic carbocycles. The van der Waals surface area contributed by atoms with Gasteiger partial charge in [0.2, 0.25) is 0 Å². The average molecular weight is 455 g/mol. The number of nitrogens with one attached hydrogen (secondary N) is 1. The summed E-state index contributed by atoms with van der Waals surface area (Å²) in [5.41, 5.74) is 1.91. The molecule has 1 heterocycles. The van der Waals surface area contributed by atoms with Gasteiger partial charge in [-0.25, -0.2) is 14.1 Å². The number of imidazole rings is 1. The minimum absolute atomic E-state index is 0.0423. The normalized spacial score (nSPS) is 13.7. The van der Waals surface area contributed by atoms with Gasteiger partial charge in [-0.15, -0.1) is 13.2 Å². The average Bonchev–Trinajstić information content (AvgIpc) is 2.99. The number of hydrogen-bond donors (Lipinski definition) is 1. The summed E-state index contributed by atoms with van der Waals surface area (Å²) in [6, 6.07) is 10.9. The minimum Gasteiger partial charge on any atom is -0.427 e. The maximum Gasteiger partial charge on any atom is 0.525 e. The smallest absolute Gasteiger partial charge is 0.427 e. The lowest BCUT2D eigenvalue weighted by Gasteiger charge is -2.22. The summed E-state index contributed by atoms with van der Waals surface area (Å²) in [4.78, 5) is 7.35. The number of aromatic nitrogens is 2. The number of H-pyrrole nitrogens is 1. The van der Waals surface area contributed by atoms with E-state index in [4.69, 9.17) is 0 Å². The molecule has 3 aromatic rings. The van der Waals surface area contributed by atoms with Crippen LogP contribution in [0.15, 0.2) is 46.9 Å². The predicted molar refractivity (Wildman–Crippen MR) is 86.8 cm³/mol. The maximum absolute atomic E-state index is 13.5. The van der Waals surface area contributed by atoms with Crippen molar-refractivity contribution in [2.75, 3.05) is 0 Å². The molecule has 3 rings (SSSR count). The van der Waals surface area contributed by atoms with Crippen molar-refractivity contribution in [1.29, 1.82) is 0 Å². The zero-order chi connectivity index (χ0) is 19.8. The first-order valence-electron chi connectivity index (χ1n) is 7.25. The number of ether oxygens (including phenoxy) is 2. The quantitative estimate of drug-likeness (QED) is 0.496. The molecule has 1 aromatic heterocycles. The molecule has 0 saturated carbocycles. The van der Waals surface area contributed by atoms with Gasteiger partial charge in [0.15, 0.2) is 0 Å². The lowest BCUT2D eigenvalue weighted by molar-refractivity contribution is -0.411. The first-order chi connectivity index (χ1) is 12.5. The van der Waals surface area contributed by atoms with E-state index in [0.717, 1.165) is 11.6 Å². The molecular formula is C16H9BrF6N2O2. The van der Waals surface area contributed by atoms with E-state index in [1.165, 1.54) is 12.1 Å². The molecule has 0 spiro atoms. The van der Waals surface area contributed by atoms with Gasteiger partial charge in [0.1, 0.15) is 11.6 Å². The first kappa shape index (κ1) is 19.5. The van der Waals surface area contributed by atoms with Gasteiger partial charge in [-0.3, -0.25) is 0 Å². The van der Waals surface area contributed by atoms with Crippen LogP contribution in [0.5, 0.6) is 5.75 Å². The summed E-state index contributed by atoms with van der Waals surface area (Å²) in [5.74, 6) is -0.146. The number of halogens is 7. The van der Waals surface area contributed by atoms with Crippen molar-refractivity contribution in [2.45, 2.75) is 18.8 Å². The molecule has 0 amide bonds. The lowest BCUT2D eigenvalue weighted by atomic mass is 10.2. The second-order valence-electron chi connectivity index (χ2n) is 5.29. The number of aromatic amines is 1. The Morgan fingerprint density at radius 3 is 2.37 bits per heavy atom. The van der Waals surface area contributed by atoms with Crippen LogP contribution in [0.3, 0.4) is 0 Å². The van der Waals surface area contributed by atoms with Gasteiger partial charge in [-0.2, -0.15) is 8.78 Å². The van der Waals surface area contributed by atoms with E-state index in [1.807, 2.05) is 0 Å². The number of hydrogen-bond acceptors (Lipinski definition) is 3. The van der Waals surface area contributed by atoms with Crippen molar-refractivity contribution in [3.63, 3.8) is 0 Å². The summed E-state index contributed by atoms with van der Waals surface area (Å²) < 4.78 is 82.6. The molecule has 0 aliphatic rings. The zero-order valence-corrected chi connectivity index (χ0v) is 14.6. The number of alkyl halides is 6. The van der Waals surface area contributed by atoms with Crippen molar-refractivity contribution in [3.05, 3.63) is 46.9 Å². The summed E-state index contributed by atoms with van der Waals surface area (Å²) in [7, 11) is 0. The predicted octanol–water partition coefficient (Wildman–Crippen LogP) is 5.80. The van der Waals surface area contributed by atoms with E-state index in [-0.39, 0.29) is 4.47 Å². The number of benzene rings is 2. The van der Waals surface area contributed by atoms with E-state index < -0.39 is 24.6 Å². The van der Waals surface area contributed by atoms with Gasteiger partial charge in [-0.1, -0.05) is 12.1 Å². The Bertz CT molecular complexity index is 926. The monoisotopic (exact) mass is 454 g/mol. The molecule has 2 aromatic carbocycles. The Hall–Kier alpha value is -2.27. The molecule has 0 aliphatic heterocycles. The molecule has 4 nitrogen and oxygen atoms in total. The van der Waals surface area contributed by atoms with E-state index in [1.54, 1.807) is 24.3 Å². The highest BCUT2D eigenvalue weighted by Gasteiger charge is 2.50. The van der Waals surface area contributed by atoms with Crippen LogP contribution in [0.25, 0.3) is 22.4 Å². The van der Waals surface area contributed by atoms with Gasteiger partial charge in [0, 0.05) is 5.56 Å². The Balaban J connectivity index is 1.82. The molecule has 1 unspecified atom stereocenters. The largest absolute Gasteiger partial charge is 0.525 e. The lowest BCUT2D eigenvalue weighted by Crippen LogP contribution is -2.41. The van der Waals surface area contributed by atoms with Gasteiger partial charge < -0.3 is 9.72 Å². The van der Waals surface area contributed by atoms with Crippen LogP contribution in [0.4, 0.5) is 26.3 Å². The molecule has 0 bridgehead atoms. The topological polar surface area (TPSA) is 47.1 Å². The van der Waals surface area contributed by atoms with Crippen molar-refractivity contribution in [2.24, 2.45) is 0 Å². The van der Waals surface area contributed by atoms with Gasteiger partial charge in [0.05, 0.1) is 15.5 Å². The fourth-order valence-corrected chi connectivity index (χ4v) is 2.66. The number of fused-ring (bicyclic) bond motifs is 1. The third kappa shape index (κ3) is 4.53. The number of rotatable bonds is 5. The van der Waals surface area contributed by atoms with Crippen molar-refractivity contribution in [3.8, 4) is 17.1 Å². The highest BCUT2D eigenvalue weighted by Crippen LogP contribution is 2.36. The molecule has 0 fully saturated rings. The summed E-state index contributed by atoms with van der Waals surface area (Å²) >= 11 is 2.97. The Morgan fingerprint density at radius 2 is 1.74 bits per heavy atom. The summed E-state index contributed by atoms with van der Waals surface area (Å²) in [6.07, 6.45) is -14.5. The second kappa shape index (κ2) is 7.04. The second-order valence-corrected chi connectivity index (χ2v) is 6.15. The third-order valence-corrected chi connectivity index (χ3v) is 3.96. The first-order valence-corrected chi connectivity index (χ1v) is 8.04. The fourth-order valence-electron chi connectivity index (χ4n) is 2.20. The van der Waals surface area contributed by atoms with Crippen LogP contribution in [-0.2, 0) is 4.74 Å². The van der Waals surface area contributed by atoms with Crippen molar-refractivity contribution >= 4 is 27.0 Å². The molecule has 27 heavy (non-hydrogen) atoms. The van der Waals surface area contributed by atoms with E-state index in [9.17, 15) is 26.3 Å². The van der Waals surface area contributed by atoms with E-state index in [2.05, 4.69) is 35.4 Å². The van der Waals surface area contributed by atoms with Crippen LogP contribution in [0.1, 0.15) is 0 Å². The van der Waals surface area contributed by atoms with E-state index >= 15 is 0 Å². The van der Waals surface area contributed by atoms with Gasteiger partial charge >= 0.3 is 18.8 Å². The van der Waals surface area contributed by atoms with Crippen molar-refractivity contribution < 1.29 is 35.8 Å². The number of para-hydroxylation sites is 2.